The second-order valence-electron chi connectivity index (χ2n) is 9.38. The van der Waals surface area contributed by atoms with E-state index in [4.69, 9.17) is 9.97 Å². The number of nitrogens with zero attached hydrogens (tertiary/aromatic N) is 2. The molecule has 2 aliphatic rings. The Hall–Kier alpha value is -3.40. The minimum absolute atomic E-state index is 0.938. The molecule has 2 N–H and O–H groups in total. The van der Waals surface area contributed by atoms with Gasteiger partial charge in [0.2, 0.25) is 0 Å². The summed E-state index contributed by atoms with van der Waals surface area (Å²) in [7, 11) is 0. The van der Waals surface area contributed by atoms with Crippen molar-refractivity contribution in [1.29, 1.82) is 0 Å². The molecule has 0 atom stereocenters. The van der Waals surface area contributed by atoms with Crippen molar-refractivity contribution in [1.82, 2.24) is 19.9 Å². The monoisotopic (exact) mass is 450 g/mol. The van der Waals surface area contributed by atoms with Gasteiger partial charge in [-0.1, -0.05) is 51.9 Å². The molecule has 0 aliphatic carbocycles. The number of unbranched alkanes of at least 4 members (excludes halogenated alkanes) is 7. The van der Waals surface area contributed by atoms with Crippen LogP contribution in [0.25, 0.3) is 46.4 Å². The largest absolute Gasteiger partial charge is 0.355 e. The molecule has 5 heterocycles. The summed E-state index contributed by atoms with van der Waals surface area (Å²) in [5, 5.41) is 0. The zero-order valence-corrected chi connectivity index (χ0v) is 20.1. The Morgan fingerprint density at radius 1 is 0.588 bits per heavy atom. The van der Waals surface area contributed by atoms with Crippen LogP contribution in [-0.4, -0.2) is 19.9 Å². The lowest BCUT2D eigenvalue weighted by Crippen LogP contribution is -1.92. The molecule has 0 amide bonds. The highest BCUT2D eigenvalue weighted by molar-refractivity contribution is 5.79. The summed E-state index contributed by atoms with van der Waals surface area (Å²) >= 11 is 0. The number of hydrogen-bond donors (Lipinski definition) is 2. The smallest absolute Gasteiger partial charge is 0.0690 e. The summed E-state index contributed by atoms with van der Waals surface area (Å²) in [6.07, 6.45) is 20.0. The molecule has 174 valence electrons. The van der Waals surface area contributed by atoms with Crippen molar-refractivity contribution in [2.75, 3.05) is 0 Å². The first-order valence-corrected chi connectivity index (χ1v) is 12.8. The Labute approximate surface area is 201 Å². The first kappa shape index (κ1) is 22.4. The molecule has 3 aromatic rings. The van der Waals surface area contributed by atoms with Gasteiger partial charge in [0.15, 0.2) is 0 Å². The summed E-state index contributed by atoms with van der Waals surface area (Å²) in [6.45, 7) is 2.28. The molecule has 0 saturated heterocycles. The maximum atomic E-state index is 4.97. The van der Waals surface area contributed by atoms with E-state index in [0.29, 0.717) is 0 Å². The van der Waals surface area contributed by atoms with E-state index in [1.165, 1.54) is 56.9 Å². The van der Waals surface area contributed by atoms with Gasteiger partial charge in [0.25, 0.3) is 0 Å². The first-order chi connectivity index (χ1) is 16.8. The van der Waals surface area contributed by atoms with Crippen LogP contribution in [0.4, 0.5) is 0 Å². The van der Waals surface area contributed by atoms with Gasteiger partial charge in [-0.05, 0) is 79.6 Å². The standard InChI is InChI=1S/C30H34N4/c1-2-3-4-5-6-7-8-9-10-28-29-17-15-26(33-29)20-24-13-11-22(31-24)19-23-12-14-25(32-23)21-27-16-18-30(28)34-27/h11-21,31,33H,2-10H2,1H3. The van der Waals surface area contributed by atoms with E-state index >= 15 is 0 Å². The van der Waals surface area contributed by atoms with E-state index in [-0.39, 0.29) is 0 Å². The number of aryl methyl sites for hydroxylation is 1. The molecule has 0 spiro atoms. The van der Waals surface area contributed by atoms with Gasteiger partial charge >= 0.3 is 0 Å². The number of fused-ring (bicyclic) bond motifs is 8. The Balaban J connectivity index is 1.48. The molecule has 8 bridgehead atoms. The third kappa shape index (κ3) is 5.56. The van der Waals surface area contributed by atoms with Crippen molar-refractivity contribution in [2.45, 2.75) is 64.7 Å². The van der Waals surface area contributed by atoms with Gasteiger partial charge in [-0.3, -0.25) is 0 Å². The molecule has 2 aliphatic heterocycles. The number of H-pyrrole nitrogens is 2. The average molecular weight is 451 g/mol. The van der Waals surface area contributed by atoms with Crippen molar-refractivity contribution < 1.29 is 0 Å². The molecule has 4 nitrogen and oxygen atoms in total. The van der Waals surface area contributed by atoms with Gasteiger partial charge in [0.05, 0.1) is 22.8 Å². The molecule has 4 heteroatoms. The molecule has 0 aromatic carbocycles. The number of aromatic nitrogens is 4. The van der Waals surface area contributed by atoms with Crippen LogP contribution in [-0.2, 0) is 6.42 Å². The first-order valence-electron chi connectivity index (χ1n) is 12.8. The SMILES string of the molecule is CCCCCCCCCCc1c2nc(cc3nc(cc4ccc(cc5ccc1[nH]5)[nH]4)C=C3)C=C2. The van der Waals surface area contributed by atoms with E-state index in [1.807, 2.05) is 0 Å². The second-order valence-corrected chi connectivity index (χ2v) is 9.38. The van der Waals surface area contributed by atoms with Crippen molar-refractivity contribution in [2.24, 2.45) is 0 Å². The van der Waals surface area contributed by atoms with Crippen molar-refractivity contribution in [3.8, 4) is 0 Å². The van der Waals surface area contributed by atoms with Gasteiger partial charge in [-0.25, -0.2) is 9.97 Å². The lowest BCUT2D eigenvalue weighted by molar-refractivity contribution is 0.575. The molecule has 0 unspecified atom stereocenters. The minimum Gasteiger partial charge on any atom is -0.355 e. The maximum absolute atomic E-state index is 4.97. The van der Waals surface area contributed by atoms with Crippen LogP contribution in [0.3, 0.4) is 0 Å². The molecule has 3 aromatic heterocycles. The fraction of sp³-hybridized carbons (Fsp3) is 0.333. The predicted octanol–water partition coefficient (Wildman–Crippen LogP) is 8.34. The average Bonchev–Trinajstić information content (AvgIpc) is 3.63. The minimum atomic E-state index is 0.938. The van der Waals surface area contributed by atoms with Crippen LogP contribution in [0.1, 0.15) is 86.6 Å². The highest BCUT2D eigenvalue weighted by atomic mass is 14.8. The van der Waals surface area contributed by atoms with E-state index in [2.05, 4.69) is 83.7 Å². The fourth-order valence-electron chi connectivity index (χ4n) is 4.77. The highest BCUT2D eigenvalue weighted by Crippen LogP contribution is 2.23. The Kier molecular flexibility index (Phi) is 7.04. The molecule has 0 saturated carbocycles. The molecule has 0 radical (unpaired) electrons. The number of aromatic amines is 2. The lowest BCUT2D eigenvalue weighted by Gasteiger charge is -2.04. The van der Waals surface area contributed by atoms with Crippen molar-refractivity contribution in [3.63, 3.8) is 0 Å². The second kappa shape index (κ2) is 10.7. The van der Waals surface area contributed by atoms with Gasteiger partial charge in [0, 0.05) is 27.6 Å². The van der Waals surface area contributed by atoms with Crippen LogP contribution in [0.15, 0.2) is 42.5 Å². The summed E-state index contributed by atoms with van der Waals surface area (Å²) < 4.78 is 0. The maximum Gasteiger partial charge on any atom is 0.0690 e. The van der Waals surface area contributed by atoms with Gasteiger partial charge in [-0.15, -0.1) is 0 Å². The van der Waals surface area contributed by atoms with Gasteiger partial charge in [-0.2, -0.15) is 0 Å². The van der Waals surface area contributed by atoms with E-state index in [1.54, 1.807) is 0 Å². The van der Waals surface area contributed by atoms with Crippen molar-refractivity contribution in [3.05, 3.63) is 70.8 Å². The normalized spacial score (nSPS) is 12.5. The Morgan fingerprint density at radius 3 is 2.03 bits per heavy atom. The van der Waals surface area contributed by atoms with Crippen LogP contribution >= 0.6 is 0 Å². The van der Waals surface area contributed by atoms with Gasteiger partial charge < -0.3 is 9.97 Å². The molecule has 5 rings (SSSR count). The summed E-state index contributed by atoms with van der Waals surface area (Å²) in [6, 6.07) is 14.8. The Morgan fingerprint density at radius 2 is 1.21 bits per heavy atom. The zero-order valence-electron chi connectivity index (χ0n) is 20.1. The number of hydrogen-bond acceptors (Lipinski definition) is 2. The van der Waals surface area contributed by atoms with E-state index in [9.17, 15) is 0 Å². The zero-order chi connectivity index (χ0) is 23.2. The third-order valence-corrected chi connectivity index (χ3v) is 6.61. The Bertz CT molecular complexity index is 1350. The number of rotatable bonds is 9. The lowest BCUT2D eigenvalue weighted by atomic mass is 10.0. The molecule has 34 heavy (non-hydrogen) atoms. The van der Waals surface area contributed by atoms with Crippen LogP contribution in [0.5, 0.6) is 0 Å². The van der Waals surface area contributed by atoms with Crippen LogP contribution in [0, 0.1) is 0 Å². The van der Waals surface area contributed by atoms with E-state index in [0.717, 1.165) is 51.3 Å². The fourth-order valence-corrected chi connectivity index (χ4v) is 4.77. The summed E-state index contributed by atoms with van der Waals surface area (Å²) in [5.41, 5.74) is 9.59. The van der Waals surface area contributed by atoms with Crippen LogP contribution in [0.2, 0.25) is 0 Å². The predicted molar refractivity (Wildman–Crippen MR) is 145 cm³/mol. The topological polar surface area (TPSA) is 57.4 Å². The van der Waals surface area contributed by atoms with Crippen LogP contribution < -0.4 is 0 Å². The molecular weight excluding hydrogens is 416 g/mol. The number of nitrogens with one attached hydrogen (secondary N) is 2. The van der Waals surface area contributed by atoms with Crippen molar-refractivity contribution >= 4 is 46.4 Å². The summed E-state index contributed by atoms with van der Waals surface area (Å²) in [4.78, 5) is 16.8. The molecular formula is C30H34N4. The third-order valence-electron chi connectivity index (χ3n) is 6.61. The van der Waals surface area contributed by atoms with Gasteiger partial charge in [0.1, 0.15) is 0 Å². The quantitative estimate of drug-likeness (QED) is 0.222. The van der Waals surface area contributed by atoms with E-state index < -0.39 is 0 Å². The molecule has 0 fully saturated rings. The summed E-state index contributed by atoms with van der Waals surface area (Å²) in [5.74, 6) is 0. The highest BCUT2D eigenvalue weighted by Gasteiger charge is 2.09.